The summed E-state index contributed by atoms with van der Waals surface area (Å²) in [7, 11) is 6.02. The SMILES string of the molecule is CC=C(C)C(=O)OC1c2cc(OC)c(OC)c(OC)c2-c2c(cc3c(c2OC)OCO3)CC(C)C1(O)CCl. The zero-order valence-electron chi connectivity index (χ0n) is 22.6. The molecule has 10 heteroatoms. The van der Waals surface area contributed by atoms with Gasteiger partial charge in [-0.2, -0.15) is 0 Å². The minimum Gasteiger partial charge on any atom is -0.493 e. The van der Waals surface area contributed by atoms with E-state index in [0.29, 0.717) is 63.2 Å². The van der Waals surface area contributed by atoms with Crippen LogP contribution in [0, 0.1) is 5.92 Å². The van der Waals surface area contributed by atoms with Gasteiger partial charge in [-0.25, -0.2) is 4.79 Å². The third-order valence-corrected chi connectivity index (χ3v) is 7.75. The molecule has 4 rings (SSSR count). The molecule has 3 unspecified atom stereocenters. The molecule has 0 saturated heterocycles. The molecule has 0 fully saturated rings. The molecule has 9 nitrogen and oxygen atoms in total. The second-order valence-electron chi connectivity index (χ2n) is 9.27. The van der Waals surface area contributed by atoms with Gasteiger partial charge in [0, 0.05) is 22.3 Å². The molecule has 2 aromatic carbocycles. The van der Waals surface area contributed by atoms with Crippen LogP contribution in [0.3, 0.4) is 0 Å². The van der Waals surface area contributed by atoms with Gasteiger partial charge >= 0.3 is 5.97 Å². The summed E-state index contributed by atoms with van der Waals surface area (Å²) in [5.74, 6) is 1.04. The molecule has 0 amide bonds. The zero-order chi connectivity index (χ0) is 27.8. The molecule has 0 aromatic heterocycles. The lowest BCUT2D eigenvalue weighted by atomic mass is 9.73. The highest BCUT2D eigenvalue weighted by molar-refractivity contribution is 6.18. The number of aliphatic hydroxyl groups is 1. The number of halogens is 1. The van der Waals surface area contributed by atoms with Crippen molar-refractivity contribution >= 4 is 17.6 Å². The Balaban J connectivity index is 2.19. The van der Waals surface area contributed by atoms with Crippen molar-refractivity contribution < 1.29 is 43.1 Å². The van der Waals surface area contributed by atoms with Crippen molar-refractivity contribution in [3.63, 3.8) is 0 Å². The number of allylic oxidation sites excluding steroid dienone is 1. The first-order valence-electron chi connectivity index (χ1n) is 12.1. The predicted molar refractivity (Wildman–Crippen MR) is 141 cm³/mol. The summed E-state index contributed by atoms with van der Waals surface area (Å²) in [6.45, 7) is 5.27. The fourth-order valence-corrected chi connectivity index (χ4v) is 5.46. The van der Waals surface area contributed by atoms with Crippen LogP contribution in [0.1, 0.15) is 38.0 Å². The van der Waals surface area contributed by atoms with Crippen molar-refractivity contribution in [2.45, 2.75) is 38.9 Å². The van der Waals surface area contributed by atoms with Gasteiger partial charge in [0.15, 0.2) is 29.1 Å². The third kappa shape index (κ3) is 4.27. The number of carbonyl (C=O) groups excluding carboxylic acids is 1. The van der Waals surface area contributed by atoms with E-state index in [1.54, 1.807) is 26.0 Å². The maximum absolute atomic E-state index is 13.1. The quantitative estimate of drug-likeness (QED) is 0.296. The number of carbonyl (C=O) groups is 1. The molecule has 2 aromatic rings. The van der Waals surface area contributed by atoms with E-state index < -0.39 is 23.6 Å². The van der Waals surface area contributed by atoms with E-state index in [0.717, 1.165) is 5.56 Å². The van der Waals surface area contributed by atoms with Crippen molar-refractivity contribution in [1.29, 1.82) is 0 Å². The van der Waals surface area contributed by atoms with E-state index in [4.69, 9.17) is 44.8 Å². The number of hydrogen-bond acceptors (Lipinski definition) is 9. The van der Waals surface area contributed by atoms with Crippen LogP contribution < -0.4 is 28.4 Å². The molecular weight excluding hydrogens is 516 g/mol. The number of methoxy groups -OCH3 is 4. The number of esters is 1. The Bertz CT molecular complexity index is 1270. The van der Waals surface area contributed by atoms with Crippen LogP contribution in [0.4, 0.5) is 0 Å². The van der Waals surface area contributed by atoms with Crippen molar-refractivity contribution in [1.82, 2.24) is 0 Å². The molecule has 206 valence electrons. The number of ether oxygens (including phenoxy) is 7. The second-order valence-corrected chi connectivity index (χ2v) is 9.54. The van der Waals surface area contributed by atoms with Crippen LogP contribution in [0.25, 0.3) is 11.1 Å². The highest BCUT2D eigenvalue weighted by atomic mass is 35.5. The lowest BCUT2D eigenvalue weighted by Crippen LogP contribution is -2.48. The minimum absolute atomic E-state index is 0.0363. The summed E-state index contributed by atoms with van der Waals surface area (Å²) in [5.41, 5.74) is 1.03. The Labute approximate surface area is 227 Å². The third-order valence-electron chi connectivity index (χ3n) is 7.33. The Morgan fingerprint density at radius 2 is 1.76 bits per heavy atom. The lowest BCUT2D eigenvalue weighted by molar-refractivity contribution is -0.166. The predicted octanol–water partition coefficient (Wildman–Crippen LogP) is 4.83. The van der Waals surface area contributed by atoms with Crippen molar-refractivity contribution in [2.24, 2.45) is 5.92 Å². The van der Waals surface area contributed by atoms with Crippen LogP contribution in [0.5, 0.6) is 34.5 Å². The second kappa shape index (κ2) is 10.8. The molecule has 3 atom stereocenters. The standard InChI is InChI=1S/C28H33ClO9/c1-8-14(2)27(30)38-26-17-11-18(32-4)22(33-5)25(35-7)21(17)20-16(9-15(3)28(26,31)12-29)10-19-23(24(20)34-6)37-13-36-19/h8,10-11,15,26,31H,9,12-13H2,1-7H3. The Hall–Kier alpha value is -3.30. The summed E-state index contributed by atoms with van der Waals surface area (Å²) in [6, 6.07) is 3.53. The largest absolute Gasteiger partial charge is 0.493 e. The lowest BCUT2D eigenvalue weighted by Gasteiger charge is -2.42. The van der Waals surface area contributed by atoms with Crippen LogP contribution in [0.15, 0.2) is 23.8 Å². The molecule has 0 radical (unpaired) electrons. The van der Waals surface area contributed by atoms with Gasteiger partial charge in [-0.15, -0.1) is 11.6 Å². The number of hydrogen-bond donors (Lipinski definition) is 1. The maximum Gasteiger partial charge on any atom is 0.334 e. The molecule has 38 heavy (non-hydrogen) atoms. The normalized spacial score (nSPS) is 22.0. The summed E-state index contributed by atoms with van der Waals surface area (Å²) in [4.78, 5) is 13.1. The van der Waals surface area contributed by atoms with E-state index in [1.165, 1.54) is 28.4 Å². The topological polar surface area (TPSA) is 102 Å². The number of benzene rings is 2. The van der Waals surface area contributed by atoms with Crippen molar-refractivity contribution in [2.75, 3.05) is 41.1 Å². The van der Waals surface area contributed by atoms with E-state index in [-0.39, 0.29) is 12.7 Å². The van der Waals surface area contributed by atoms with E-state index in [9.17, 15) is 9.90 Å². The van der Waals surface area contributed by atoms with Gasteiger partial charge in [-0.05, 0) is 43.9 Å². The Morgan fingerprint density at radius 3 is 2.34 bits per heavy atom. The van der Waals surface area contributed by atoms with Gasteiger partial charge in [0.05, 0.1) is 34.3 Å². The first-order chi connectivity index (χ1) is 18.2. The van der Waals surface area contributed by atoms with Crippen LogP contribution in [-0.2, 0) is 16.0 Å². The average Bonchev–Trinajstić information content (AvgIpc) is 3.40. The molecule has 0 saturated carbocycles. The number of fused-ring (bicyclic) bond motifs is 4. The fourth-order valence-electron chi connectivity index (χ4n) is 5.05. The molecule has 1 N–H and O–H groups in total. The van der Waals surface area contributed by atoms with Gasteiger partial charge in [0.2, 0.25) is 18.3 Å². The number of rotatable bonds is 7. The number of alkyl halides is 1. The molecule has 2 aliphatic rings. The first-order valence-corrected chi connectivity index (χ1v) is 12.7. The Morgan fingerprint density at radius 1 is 1.08 bits per heavy atom. The average molecular weight is 549 g/mol. The maximum atomic E-state index is 13.1. The molecule has 1 heterocycles. The van der Waals surface area contributed by atoms with Gasteiger partial charge < -0.3 is 38.3 Å². The summed E-state index contributed by atoms with van der Waals surface area (Å²) >= 11 is 6.47. The summed E-state index contributed by atoms with van der Waals surface area (Å²) in [5, 5.41) is 12.1. The molecule has 1 aliphatic heterocycles. The zero-order valence-corrected chi connectivity index (χ0v) is 23.4. The molecule has 1 aliphatic carbocycles. The fraction of sp³-hybridized carbons (Fsp3) is 0.464. The smallest absolute Gasteiger partial charge is 0.334 e. The Kier molecular flexibility index (Phi) is 7.90. The minimum atomic E-state index is -1.67. The highest BCUT2D eigenvalue weighted by Crippen LogP contribution is 2.59. The van der Waals surface area contributed by atoms with Crippen LogP contribution in [0.2, 0.25) is 0 Å². The van der Waals surface area contributed by atoms with Gasteiger partial charge in [0.25, 0.3) is 0 Å². The van der Waals surface area contributed by atoms with Gasteiger partial charge in [-0.1, -0.05) is 13.0 Å². The van der Waals surface area contributed by atoms with E-state index in [2.05, 4.69) is 0 Å². The van der Waals surface area contributed by atoms with Crippen LogP contribution >= 0.6 is 11.6 Å². The molecule has 0 bridgehead atoms. The van der Waals surface area contributed by atoms with E-state index >= 15 is 0 Å². The molecular formula is C28H33ClO9. The van der Waals surface area contributed by atoms with Gasteiger partial charge in [0.1, 0.15) is 5.60 Å². The molecule has 0 spiro atoms. The highest BCUT2D eigenvalue weighted by Gasteiger charge is 2.49. The van der Waals surface area contributed by atoms with Gasteiger partial charge in [-0.3, -0.25) is 0 Å². The first kappa shape index (κ1) is 27.7. The van der Waals surface area contributed by atoms with Crippen molar-refractivity contribution in [3.8, 4) is 45.6 Å². The van der Waals surface area contributed by atoms with E-state index in [1.807, 2.05) is 13.0 Å². The summed E-state index contributed by atoms with van der Waals surface area (Å²) < 4.78 is 40.6. The van der Waals surface area contributed by atoms with Crippen molar-refractivity contribution in [3.05, 3.63) is 34.9 Å². The summed E-state index contributed by atoms with van der Waals surface area (Å²) in [6.07, 6.45) is 0.784. The monoisotopic (exact) mass is 548 g/mol. The van der Waals surface area contributed by atoms with Crippen LogP contribution in [-0.4, -0.2) is 57.8 Å².